The summed E-state index contributed by atoms with van der Waals surface area (Å²) in [6.45, 7) is 5.22. The van der Waals surface area contributed by atoms with Crippen molar-refractivity contribution in [3.8, 4) is 0 Å². The summed E-state index contributed by atoms with van der Waals surface area (Å²) in [5.41, 5.74) is 0.692. The maximum atomic E-state index is 4.33. The predicted molar refractivity (Wildman–Crippen MR) is 25.5 cm³/mol. The third-order valence-corrected chi connectivity index (χ3v) is 0.247. The minimum atomic E-state index is 0. The number of hydrogen-bond donors (Lipinski definition) is 0. The van der Waals surface area contributed by atoms with E-state index >= 15 is 0 Å². The normalized spacial score (nSPS) is 9.71. The van der Waals surface area contributed by atoms with Crippen LogP contribution in [0.2, 0.25) is 0 Å². The minimum Gasteiger partial charge on any atom is -0.402 e. The fourth-order valence-corrected chi connectivity index (χ4v) is 0.156. The maximum absolute atomic E-state index is 4.33. The summed E-state index contributed by atoms with van der Waals surface area (Å²) in [5.74, 6) is 0. The van der Waals surface area contributed by atoms with Crippen LogP contribution in [0, 0.1) is 6.92 Å². The predicted octanol–water partition coefficient (Wildman–Crippen LogP) is -2.15. The Balaban J connectivity index is 0. The second-order valence-electron chi connectivity index (χ2n) is 1.01. The third kappa shape index (κ3) is 10.7. The SMILES string of the molecule is [CH2-]/C(C)=N/OC.[Li+]. The fourth-order valence-electron chi connectivity index (χ4n) is 0.156. The molecule has 7 heavy (non-hydrogen) atoms. The van der Waals surface area contributed by atoms with Gasteiger partial charge >= 0.3 is 18.9 Å². The van der Waals surface area contributed by atoms with Gasteiger partial charge in [-0.1, -0.05) is 12.6 Å². The van der Waals surface area contributed by atoms with E-state index in [1.807, 2.05) is 0 Å². The zero-order valence-corrected chi connectivity index (χ0v) is 5.06. The van der Waals surface area contributed by atoms with Crippen LogP contribution >= 0.6 is 0 Å². The number of rotatable bonds is 1. The molecule has 0 unspecified atom stereocenters. The van der Waals surface area contributed by atoms with Gasteiger partial charge in [-0.25, -0.2) is 0 Å². The Labute approximate surface area is 56.1 Å². The van der Waals surface area contributed by atoms with Gasteiger partial charge in [0.15, 0.2) is 0 Å². The van der Waals surface area contributed by atoms with Gasteiger partial charge in [-0.2, -0.15) is 0 Å². The Hall–Kier alpha value is -0.0626. The van der Waals surface area contributed by atoms with Crippen LogP contribution in [0.4, 0.5) is 0 Å². The van der Waals surface area contributed by atoms with Crippen LogP contribution < -0.4 is 18.9 Å². The number of hydrogen-bond acceptors (Lipinski definition) is 2. The second-order valence-corrected chi connectivity index (χ2v) is 1.01. The fraction of sp³-hybridized carbons (Fsp3) is 0.500. The molecule has 36 valence electrons. The monoisotopic (exact) mass is 93.1 g/mol. The topological polar surface area (TPSA) is 21.6 Å². The van der Waals surface area contributed by atoms with E-state index in [1.54, 1.807) is 6.92 Å². The number of nitrogens with zero attached hydrogens (tertiary/aromatic N) is 1. The smallest absolute Gasteiger partial charge is 0.402 e. The standard InChI is InChI=1S/C4H8NO.Li/c1-4(2)5-6-3;/h1H2,2-3H3;/q-1;+1/b5-4-;. The van der Waals surface area contributed by atoms with Gasteiger partial charge in [0.1, 0.15) is 7.11 Å². The van der Waals surface area contributed by atoms with Crippen molar-refractivity contribution in [3.63, 3.8) is 0 Å². The molecular weight excluding hydrogens is 85.0 g/mol. The van der Waals surface area contributed by atoms with Gasteiger partial charge in [0.2, 0.25) is 0 Å². The Morgan fingerprint density at radius 2 is 2.14 bits per heavy atom. The van der Waals surface area contributed by atoms with E-state index < -0.39 is 0 Å². The van der Waals surface area contributed by atoms with Gasteiger partial charge < -0.3 is 11.8 Å². The molecule has 0 aromatic heterocycles. The summed E-state index contributed by atoms with van der Waals surface area (Å²) in [6, 6.07) is 0. The van der Waals surface area contributed by atoms with Crippen LogP contribution in [0.5, 0.6) is 0 Å². The molecule has 0 atom stereocenters. The van der Waals surface area contributed by atoms with E-state index in [2.05, 4.69) is 16.9 Å². The molecule has 0 aliphatic heterocycles. The summed E-state index contributed by atoms with van der Waals surface area (Å²) in [5, 5.41) is 3.43. The summed E-state index contributed by atoms with van der Waals surface area (Å²) >= 11 is 0. The van der Waals surface area contributed by atoms with Gasteiger partial charge in [0.05, 0.1) is 0 Å². The summed E-state index contributed by atoms with van der Waals surface area (Å²) < 4.78 is 0. The van der Waals surface area contributed by atoms with Crippen LogP contribution in [0.1, 0.15) is 6.92 Å². The van der Waals surface area contributed by atoms with Crippen molar-refractivity contribution in [2.75, 3.05) is 7.11 Å². The van der Waals surface area contributed by atoms with Crippen LogP contribution in [-0.4, -0.2) is 12.8 Å². The summed E-state index contributed by atoms with van der Waals surface area (Å²) in [4.78, 5) is 4.33. The van der Waals surface area contributed by atoms with Gasteiger partial charge in [0, 0.05) is 0 Å². The zero-order chi connectivity index (χ0) is 4.99. The molecule has 0 aliphatic carbocycles. The summed E-state index contributed by atoms with van der Waals surface area (Å²) in [6.07, 6.45) is 0. The van der Waals surface area contributed by atoms with Crippen molar-refractivity contribution in [2.24, 2.45) is 5.16 Å². The molecule has 0 bridgehead atoms. The summed E-state index contributed by atoms with van der Waals surface area (Å²) in [7, 11) is 1.49. The van der Waals surface area contributed by atoms with E-state index in [0.29, 0.717) is 5.71 Å². The molecule has 0 radical (unpaired) electrons. The van der Waals surface area contributed by atoms with Crippen molar-refractivity contribution in [1.29, 1.82) is 0 Å². The first-order valence-corrected chi connectivity index (χ1v) is 1.67. The Morgan fingerprint density at radius 1 is 1.71 bits per heavy atom. The van der Waals surface area contributed by atoms with E-state index in [-0.39, 0.29) is 18.9 Å². The van der Waals surface area contributed by atoms with E-state index in [1.165, 1.54) is 7.11 Å². The van der Waals surface area contributed by atoms with Crippen molar-refractivity contribution in [1.82, 2.24) is 0 Å². The van der Waals surface area contributed by atoms with Crippen LogP contribution in [-0.2, 0) is 4.84 Å². The molecule has 0 fully saturated rings. The first-order chi connectivity index (χ1) is 2.77. The minimum absolute atomic E-state index is 0. The van der Waals surface area contributed by atoms with Gasteiger partial charge in [-0.05, 0) is 0 Å². The Bertz CT molecular complexity index is 58.7. The third-order valence-electron chi connectivity index (χ3n) is 0.247. The molecule has 0 heterocycles. The molecule has 0 aliphatic rings. The van der Waals surface area contributed by atoms with Crippen LogP contribution in [0.25, 0.3) is 0 Å². The Morgan fingerprint density at radius 3 is 2.14 bits per heavy atom. The molecule has 3 heteroatoms. The molecule has 0 rings (SSSR count). The van der Waals surface area contributed by atoms with Crippen LogP contribution in [0.15, 0.2) is 5.16 Å². The van der Waals surface area contributed by atoms with Gasteiger partial charge in [-0.3, -0.25) is 0 Å². The molecule has 0 saturated carbocycles. The second kappa shape index (κ2) is 5.94. The van der Waals surface area contributed by atoms with Crippen molar-refractivity contribution < 1.29 is 23.7 Å². The first kappa shape index (κ1) is 10.0. The quantitative estimate of drug-likeness (QED) is 0.157. The first-order valence-electron chi connectivity index (χ1n) is 1.67. The average molecular weight is 93.1 g/mol. The van der Waals surface area contributed by atoms with Crippen LogP contribution in [0.3, 0.4) is 0 Å². The molecule has 0 aromatic carbocycles. The molecule has 0 N–H and O–H groups in total. The molecule has 0 saturated heterocycles. The largest absolute Gasteiger partial charge is 1.00 e. The average Bonchev–Trinajstić information content (AvgIpc) is 1.35. The van der Waals surface area contributed by atoms with E-state index in [4.69, 9.17) is 0 Å². The number of oxime groups is 1. The van der Waals surface area contributed by atoms with Gasteiger partial charge in [0.25, 0.3) is 0 Å². The van der Waals surface area contributed by atoms with Crippen molar-refractivity contribution in [2.45, 2.75) is 6.92 Å². The molecule has 0 aromatic rings. The molecule has 0 spiro atoms. The zero-order valence-electron chi connectivity index (χ0n) is 5.06. The molecular formula is C4H8LiNO. The van der Waals surface area contributed by atoms with E-state index in [0.717, 1.165) is 0 Å². The molecule has 0 amide bonds. The van der Waals surface area contributed by atoms with Crippen molar-refractivity contribution >= 4 is 5.71 Å². The Kier molecular flexibility index (Phi) is 8.51. The molecule has 2 nitrogen and oxygen atoms in total. The van der Waals surface area contributed by atoms with Gasteiger partial charge in [-0.15, -0.1) is 5.16 Å². The van der Waals surface area contributed by atoms with E-state index in [9.17, 15) is 0 Å². The van der Waals surface area contributed by atoms with Crippen molar-refractivity contribution in [3.05, 3.63) is 6.92 Å². The maximum Gasteiger partial charge on any atom is 1.00 e.